The zero-order valence-electron chi connectivity index (χ0n) is 21.0. The van der Waals surface area contributed by atoms with Crippen LogP contribution in [0, 0.1) is 13.8 Å². The van der Waals surface area contributed by atoms with Crippen LogP contribution in [-0.2, 0) is 27.7 Å². The monoisotopic (exact) mass is 566 g/mol. The molecule has 0 saturated carbocycles. The highest BCUT2D eigenvalue weighted by molar-refractivity contribution is 7.99. The molecule has 0 unspecified atom stereocenters. The lowest BCUT2D eigenvalue weighted by Crippen LogP contribution is -2.16. The van der Waals surface area contributed by atoms with Gasteiger partial charge in [0.25, 0.3) is 0 Å². The molecule has 10 nitrogen and oxygen atoms in total. The Bertz CT molecular complexity index is 1310. The lowest BCUT2D eigenvalue weighted by molar-refractivity contribution is -0.113. The average molecular weight is 567 g/mol. The lowest BCUT2D eigenvalue weighted by Gasteiger charge is -2.09. The van der Waals surface area contributed by atoms with Gasteiger partial charge in [0.2, 0.25) is 5.91 Å². The second kappa shape index (κ2) is 12.9. The van der Waals surface area contributed by atoms with E-state index >= 15 is 0 Å². The Labute approximate surface area is 227 Å². The minimum atomic E-state index is -0.653. The van der Waals surface area contributed by atoms with Crippen LogP contribution in [0.2, 0.25) is 5.02 Å². The number of thiophene rings is 1. The highest BCUT2D eigenvalue weighted by atomic mass is 35.5. The number of aryl methyl sites for hydroxylation is 2. The minimum Gasteiger partial charge on any atom is -0.493 e. The van der Waals surface area contributed by atoms with Gasteiger partial charge < -0.3 is 24.1 Å². The molecule has 0 aliphatic rings. The number of nitrogens with zero attached hydrogens (tertiary/aromatic N) is 3. The number of halogens is 1. The zero-order chi connectivity index (χ0) is 27.1. The van der Waals surface area contributed by atoms with Crippen molar-refractivity contribution in [3.8, 4) is 5.75 Å². The van der Waals surface area contributed by atoms with Crippen molar-refractivity contribution in [2.45, 2.75) is 31.8 Å². The van der Waals surface area contributed by atoms with E-state index in [4.69, 9.17) is 25.8 Å². The predicted octanol–water partition coefficient (Wildman–Crippen LogP) is 4.46. The molecule has 0 radical (unpaired) electrons. The summed E-state index contributed by atoms with van der Waals surface area (Å²) < 4.78 is 17.2. The van der Waals surface area contributed by atoms with Gasteiger partial charge >= 0.3 is 11.9 Å². The van der Waals surface area contributed by atoms with Crippen LogP contribution in [0.1, 0.15) is 43.4 Å². The third kappa shape index (κ3) is 7.02. The Morgan fingerprint density at radius 1 is 1.14 bits per heavy atom. The van der Waals surface area contributed by atoms with Crippen molar-refractivity contribution in [2.75, 3.05) is 31.9 Å². The third-order valence-electron chi connectivity index (χ3n) is 5.36. The molecule has 2 aromatic heterocycles. The average Bonchev–Trinajstić information content (AvgIpc) is 3.39. The number of nitrogens with one attached hydrogen (secondary N) is 1. The molecule has 0 fully saturated rings. The Morgan fingerprint density at radius 3 is 2.54 bits per heavy atom. The van der Waals surface area contributed by atoms with Gasteiger partial charge in [0.15, 0.2) is 5.16 Å². The Morgan fingerprint density at radius 2 is 1.86 bits per heavy atom. The van der Waals surface area contributed by atoms with Gasteiger partial charge in [-0.15, -0.1) is 21.5 Å². The standard InChI is InChI=1S/C24H27ClN4O6S2/c1-13-11-15(25)8-9-16(13)35-10-6-7-17-27-28-24(29(17)3)36-12-18(30)26-21-19(22(31)33-4)14(2)20(37-21)23(32)34-5/h8-9,11H,6-7,10,12H2,1-5H3,(H,26,30). The van der Waals surface area contributed by atoms with Gasteiger partial charge in [-0.2, -0.15) is 0 Å². The Kier molecular flexibility index (Phi) is 9.95. The molecular weight excluding hydrogens is 540 g/mol. The van der Waals surface area contributed by atoms with E-state index < -0.39 is 11.9 Å². The number of esters is 2. The molecule has 37 heavy (non-hydrogen) atoms. The molecule has 1 aromatic carbocycles. The van der Waals surface area contributed by atoms with Crippen LogP contribution in [0.25, 0.3) is 0 Å². The van der Waals surface area contributed by atoms with Crippen molar-refractivity contribution in [1.29, 1.82) is 0 Å². The summed E-state index contributed by atoms with van der Waals surface area (Å²) in [5, 5.41) is 12.6. The summed E-state index contributed by atoms with van der Waals surface area (Å²) in [5.41, 5.74) is 1.49. The summed E-state index contributed by atoms with van der Waals surface area (Å²) >= 11 is 8.15. The molecule has 0 bridgehead atoms. The van der Waals surface area contributed by atoms with Gasteiger partial charge in [-0.05, 0) is 49.6 Å². The smallest absolute Gasteiger partial charge is 0.348 e. The first-order valence-corrected chi connectivity index (χ1v) is 13.3. The van der Waals surface area contributed by atoms with E-state index in [0.717, 1.165) is 34.9 Å². The Hall–Kier alpha value is -3.09. The van der Waals surface area contributed by atoms with E-state index in [-0.39, 0.29) is 27.1 Å². The van der Waals surface area contributed by atoms with Crippen molar-refractivity contribution >= 4 is 57.5 Å². The molecule has 3 aromatic rings. The number of methoxy groups -OCH3 is 2. The van der Waals surface area contributed by atoms with Crippen LogP contribution < -0.4 is 10.1 Å². The fourth-order valence-corrected chi connectivity index (χ4v) is 5.49. The van der Waals surface area contributed by atoms with E-state index in [1.807, 2.05) is 30.7 Å². The van der Waals surface area contributed by atoms with E-state index in [1.165, 1.54) is 26.0 Å². The zero-order valence-corrected chi connectivity index (χ0v) is 23.4. The number of thioether (sulfide) groups is 1. The molecular formula is C24H27ClN4O6S2. The van der Waals surface area contributed by atoms with Crippen LogP contribution in [0.3, 0.4) is 0 Å². The van der Waals surface area contributed by atoms with Crippen molar-refractivity contribution < 1.29 is 28.6 Å². The van der Waals surface area contributed by atoms with Crippen molar-refractivity contribution in [2.24, 2.45) is 7.05 Å². The molecule has 13 heteroatoms. The van der Waals surface area contributed by atoms with Crippen LogP contribution in [0.4, 0.5) is 5.00 Å². The van der Waals surface area contributed by atoms with Gasteiger partial charge in [-0.3, -0.25) is 4.79 Å². The predicted molar refractivity (Wildman–Crippen MR) is 142 cm³/mol. The number of carbonyl (C=O) groups is 3. The number of aromatic nitrogens is 3. The minimum absolute atomic E-state index is 0.0239. The number of rotatable bonds is 11. The SMILES string of the molecule is COC(=O)c1sc(NC(=O)CSc2nnc(CCCOc3ccc(Cl)cc3C)n2C)c(C(=O)OC)c1C. The van der Waals surface area contributed by atoms with Gasteiger partial charge in [-0.25, -0.2) is 9.59 Å². The number of hydrogen-bond acceptors (Lipinski definition) is 10. The largest absolute Gasteiger partial charge is 0.493 e. The van der Waals surface area contributed by atoms with Crippen molar-refractivity contribution in [3.05, 3.63) is 50.6 Å². The summed E-state index contributed by atoms with van der Waals surface area (Å²) in [5.74, 6) is -0.0359. The van der Waals surface area contributed by atoms with E-state index in [1.54, 1.807) is 13.0 Å². The van der Waals surface area contributed by atoms with Gasteiger partial charge in [0.05, 0.1) is 32.1 Å². The number of benzene rings is 1. The van der Waals surface area contributed by atoms with Crippen LogP contribution in [0.15, 0.2) is 23.4 Å². The van der Waals surface area contributed by atoms with Crippen molar-refractivity contribution in [3.63, 3.8) is 0 Å². The van der Waals surface area contributed by atoms with Gasteiger partial charge in [0.1, 0.15) is 21.5 Å². The van der Waals surface area contributed by atoms with E-state index in [9.17, 15) is 14.4 Å². The second-order valence-corrected chi connectivity index (χ2v) is 10.3. The number of carbonyl (C=O) groups excluding carboxylic acids is 3. The van der Waals surface area contributed by atoms with Gasteiger partial charge in [-0.1, -0.05) is 23.4 Å². The maximum Gasteiger partial charge on any atom is 0.348 e. The first kappa shape index (κ1) is 28.5. The fourth-order valence-electron chi connectivity index (χ4n) is 3.41. The molecule has 2 heterocycles. The molecule has 0 saturated heterocycles. The summed E-state index contributed by atoms with van der Waals surface area (Å²) in [6, 6.07) is 5.49. The summed E-state index contributed by atoms with van der Waals surface area (Å²) in [4.78, 5) is 37.1. The first-order chi connectivity index (χ1) is 17.7. The summed E-state index contributed by atoms with van der Waals surface area (Å²) in [7, 11) is 4.31. The van der Waals surface area contributed by atoms with Gasteiger partial charge in [0, 0.05) is 18.5 Å². The lowest BCUT2D eigenvalue weighted by atomic mass is 10.1. The number of ether oxygens (including phenoxy) is 3. The maximum atomic E-state index is 12.6. The van der Waals surface area contributed by atoms with Crippen molar-refractivity contribution in [1.82, 2.24) is 14.8 Å². The molecule has 1 N–H and O–H groups in total. The third-order valence-corrected chi connectivity index (χ3v) is 7.80. The number of amides is 1. The van der Waals surface area contributed by atoms with E-state index in [2.05, 4.69) is 15.5 Å². The topological polar surface area (TPSA) is 122 Å². The van der Waals surface area contributed by atoms with Crippen LogP contribution in [-0.4, -0.2) is 59.2 Å². The molecule has 0 aliphatic heterocycles. The highest BCUT2D eigenvalue weighted by Crippen LogP contribution is 2.34. The summed E-state index contributed by atoms with van der Waals surface area (Å²) in [6.07, 6.45) is 1.38. The summed E-state index contributed by atoms with van der Waals surface area (Å²) in [6.45, 7) is 4.05. The normalized spacial score (nSPS) is 10.8. The molecule has 1 amide bonds. The van der Waals surface area contributed by atoms with Crippen LogP contribution in [0.5, 0.6) is 5.75 Å². The molecule has 0 atom stereocenters. The molecule has 198 valence electrons. The number of anilines is 1. The number of hydrogen-bond donors (Lipinski definition) is 1. The molecule has 3 rings (SSSR count). The maximum absolute atomic E-state index is 12.6. The highest BCUT2D eigenvalue weighted by Gasteiger charge is 2.27. The first-order valence-electron chi connectivity index (χ1n) is 11.2. The molecule has 0 aliphatic carbocycles. The van der Waals surface area contributed by atoms with Crippen LogP contribution >= 0.6 is 34.7 Å². The fraction of sp³-hybridized carbons (Fsp3) is 0.375. The second-order valence-electron chi connectivity index (χ2n) is 7.90. The quantitative estimate of drug-likeness (QED) is 0.203. The molecule has 0 spiro atoms. The van der Waals surface area contributed by atoms with E-state index in [0.29, 0.717) is 28.8 Å². The Balaban J connectivity index is 1.55.